The van der Waals surface area contributed by atoms with Crippen molar-refractivity contribution in [3.8, 4) is 28.4 Å². The van der Waals surface area contributed by atoms with Crippen LogP contribution in [0, 0.1) is 0 Å². The molecular weight excluding hydrogens is 364 g/mol. The van der Waals surface area contributed by atoms with Crippen molar-refractivity contribution in [1.82, 2.24) is 9.97 Å². The fourth-order valence-electron chi connectivity index (χ4n) is 3.15. The second kappa shape index (κ2) is 11.0. The number of ether oxygens (including phenoxy) is 1. The molecule has 1 N–H and O–H groups in total. The number of rotatable bonds is 11. The maximum atomic E-state index is 10.5. The summed E-state index contributed by atoms with van der Waals surface area (Å²) in [5.41, 5.74) is 3.93. The third-order valence-electron chi connectivity index (χ3n) is 4.66. The van der Waals surface area contributed by atoms with Gasteiger partial charge in [-0.15, -0.1) is 0 Å². The van der Waals surface area contributed by atoms with Crippen LogP contribution in [0.15, 0.2) is 66.9 Å². The van der Waals surface area contributed by atoms with Crippen molar-refractivity contribution in [2.24, 2.45) is 0 Å². The Morgan fingerprint density at radius 3 is 2.14 bits per heavy atom. The third-order valence-corrected chi connectivity index (χ3v) is 4.66. The molecule has 0 amide bonds. The fraction of sp³-hybridized carbons (Fsp3) is 0.292. The van der Waals surface area contributed by atoms with Crippen LogP contribution in [-0.2, 0) is 4.79 Å². The van der Waals surface area contributed by atoms with Gasteiger partial charge in [-0.3, -0.25) is 4.79 Å². The van der Waals surface area contributed by atoms with E-state index in [1.54, 1.807) is 0 Å². The van der Waals surface area contributed by atoms with E-state index in [1.807, 2.05) is 54.7 Å². The Kier molecular flexibility index (Phi) is 7.75. The number of carboxylic acids is 1. The lowest BCUT2D eigenvalue weighted by atomic mass is 10.0. The first-order valence-electron chi connectivity index (χ1n) is 10.1. The van der Waals surface area contributed by atoms with E-state index in [9.17, 15) is 4.79 Å². The minimum Gasteiger partial charge on any atom is -0.481 e. The lowest BCUT2D eigenvalue weighted by molar-refractivity contribution is -0.137. The van der Waals surface area contributed by atoms with Crippen LogP contribution in [0.25, 0.3) is 22.4 Å². The monoisotopic (exact) mass is 390 g/mol. The zero-order valence-electron chi connectivity index (χ0n) is 16.5. The molecule has 29 heavy (non-hydrogen) atoms. The number of aliphatic carboxylic acids is 1. The van der Waals surface area contributed by atoms with Gasteiger partial charge in [-0.25, -0.2) is 4.98 Å². The molecule has 0 saturated carbocycles. The molecule has 0 fully saturated rings. The van der Waals surface area contributed by atoms with Crippen molar-refractivity contribution in [3.05, 3.63) is 66.9 Å². The normalized spacial score (nSPS) is 10.6. The number of benzene rings is 2. The van der Waals surface area contributed by atoms with Crippen molar-refractivity contribution in [1.29, 1.82) is 0 Å². The lowest BCUT2D eigenvalue weighted by Crippen LogP contribution is -2.03. The van der Waals surface area contributed by atoms with E-state index in [0.717, 1.165) is 54.5 Å². The number of carboxylic acid groups (broad SMARTS) is 1. The van der Waals surface area contributed by atoms with E-state index in [0.29, 0.717) is 12.6 Å². The molecule has 2 aromatic carbocycles. The molecule has 1 heterocycles. The number of aromatic nitrogens is 2. The second-order valence-electron chi connectivity index (χ2n) is 6.91. The Bertz CT molecular complexity index is 899. The number of hydrogen-bond donors (Lipinski definition) is 1. The average Bonchev–Trinajstić information content (AvgIpc) is 2.76. The molecule has 0 saturated heterocycles. The van der Waals surface area contributed by atoms with Gasteiger partial charge in [-0.2, -0.15) is 4.98 Å². The van der Waals surface area contributed by atoms with Gasteiger partial charge in [0.05, 0.1) is 12.3 Å². The van der Waals surface area contributed by atoms with Crippen molar-refractivity contribution in [2.75, 3.05) is 6.61 Å². The number of unbranched alkanes of at least 4 members (excludes halogenated alkanes) is 4. The highest BCUT2D eigenvalue weighted by Crippen LogP contribution is 2.31. The molecule has 0 atom stereocenters. The summed E-state index contributed by atoms with van der Waals surface area (Å²) in [6, 6.07) is 20.5. The summed E-state index contributed by atoms with van der Waals surface area (Å²) in [5.74, 6) is -0.723. The highest BCUT2D eigenvalue weighted by atomic mass is 16.5. The van der Waals surface area contributed by atoms with Gasteiger partial charge in [0.15, 0.2) is 0 Å². The number of carbonyl (C=O) groups is 1. The molecule has 3 rings (SSSR count). The number of hydrogen-bond acceptors (Lipinski definition) is 4. The highest BCUT2D eigenvalue weighted by Gasteiger charge is 2.12. The predicted molar refractivity (Wildman–Crippen MR) is 114 cm³/mol. The van der Waals surface area contributed by atoms with Gasteiger partial charge >= 0.3 is 12.0 Å². The lowest BCUT2D eigenvalue weighted by Gasteiger charge is -2.11. The minimum absolute atomic E-state index is 0.250. The van der Waals surface area contributed by atoms with Crippen LogP contribution >= 0.6 is 0 Å². The minimum atomic E-state index is -0.723. The van der Waals surface area contributed by atoms with Crippen LogP contribution in [0.4, 0.5) is 0 Å². The Morgan fingerprint density at radius 1 is 0.828 bits per heavy atom. The van der Waals surface area contributed by atoms with Gasteiger partial charge in [0.1, 0.15) is 0 Å². The summed E-state index contributed by atoms with van der Waals surface area (Å²) in [6.45, 7) is 0.553. The Labute approximate surface area is 171 Å². The summed E-state index contributed by atoms with van der Waals surface area (Å²) in [6.07, 6.45) is 6.67. The molecule has 0 aliphatic carbocycles. The van der Waals surface area contributed by atoms with Gasteiger partial charge in [0.25, 0.3) is 0 Å². The molecule has 0 aliphatic heterocycles. The van der Waals surface area contributed by atoms with E-state index in [1.165, 1.54) is 0 Å². The molecule has 5 heteroatoms. The van der Waals surface area contributed by atoms with Crippen molar-refractivity contribution in [3.63, 3.8) is 0 Å². The Hall–Kier alpha value is -3.21. The molecule has 0 unspecified atom stereocenters. The van der Waals surface area contributed by atoms with Gasteiger partial charge in [0.2, 0.25) is 0 Å². The first-order chi connectivity index (χ1) is 14.2. The van der Waals surface area contributed by atoms with Gasteiger partial charge in [-0.1, -0.05) is 79.9 Å². The smallest absolute Gasteiger partial charge is 0.316 e. The van der Waals surface area contributed by atoms with E-state index in [2.05, 4.69) is 22.1 Å². The van der Waals surface area contributed by atoms with Crippen LogP contribution in [0.1, 0.15) is 38.5 Å². The molecule has 0 radical (unpaired) electrons. The molecular formula is C24H26N2O3. The van der Waals surface area contributed by atoms with Crippen LogP contribution in [0.2, 0.25) is 0 Å². The SMILES string of the molecule is O=C(O)CCCCCCCOc1ncc(-c2ccccc2)c(-c2ccccc2)n1. The summed E-state index contributed by atoms with van der Waals surface area (Å²) >= 11 is 0. The van der Waals surface area contributed by atoms with Crippen LogP contribution in [-0.4, -0.2) is 27.7 Å². The maximum Gasteiger partial charge on any atom is 0.316 e. The van der Waals surface area contributed by atoms with E-state index in [-0.39, 0.29) is 6.42 Å². The first kappa shape index (κ1) is 20.5. The molecule has 0 aliphatic rings. The molecule has 5 nitrogen and oxygen atoms in total. The summed E-state index contributed by atoms with van der Waals surface area (Å²) in [5, 5.41) is 8.64. The summed E-state index contributed by atoms with van der Waals surface area (Å²) in [4.78, 5) is 19.6. The topological polar surface area (TPSA) is 72.3 Å². The Balaban J connectivity index is 1.61. The Morgan fingerprint density at radius 2 is 1.45 bits per heavy atom. The van der Waals surface area contributed by atoms with Gasteiger partial charge in [0, 0.05) is 23.7 Å². The summed E-state index contributed by atoms with van der Waals surface area (Å²) in [7, 11) is 0. The quantitative estimate of drug-likeness (QED) is 0.431. The van der Waals surface area contributed by atoms with Crippen molar-refractivity contribution in [2.45, 2.75) is 38.5 Å². The number of nitrogens with zero attached hydrogens (tertiary/aromatic N) is 2. The third kappa shape index (κ3) is 6.42. The van der Waals surface area contributed by atoms with Crippen LogP contribution in [0.3, 0.4) is 0 Å². The largest absolute Gasteiger partial charge is 0.481 e. The first-order valence-corrected chi connectivity index (χ1v) is 10.1. The second-order valence-corrected chi connectivity index (χ2v) is 6.91. The van der Waals surface area contributed by atoms with Crippen molar-refractivity contribution >= 4 is 5.97 Å². The predicted octanol–water partition coefficient (Wildman–Crippen LogP) is 5.61. The van der Waals surface area contributed by atoms with Crippen molar-refractivity contribution < 1.29 is 14.6 Å². The van der Waals surface area contributed by atoms with E-state index < -0.39 is 5.97 Å². The van der Waals surface area contributed by atoms with Gasteiger partial charge in [-0.05, 0) is 18.4 Å². The molecule has 150 valence electrons. The molecule has 3 aromatic rings. The molecule has 1 aromatic heterocycles. The maximum absolute atomic E-state index is 10.5. The zero-order valence-corrected chi connectivity index (χ0v) is 16.5. The average molecular weight is 390 g/mol. The zero-order chi connectivity index (χ0) is 20.3. The van der Waals surface area contributed by atoms with E-state index >= 15 is 0 Å². The summed E-state index contributed by atoms with van der Waals surface area (Å²) < 4.78 is 5.79. The van der Waals surface area contributed by atoms with Crippen LogP contribution in [0.5, 0.6) is 6.01 Å². The fourth-order valence-corrected chi connectivity index (χ4v) is 3.15. The molecule has 0 bridgehead atoms. The standard InChI is InChI=1S/C24H26N2O3/c27-22(28)16-10-2-1-3-11-17-29-24-25-18-21(19-12-6-4-7-13-19)23(26-24)20-14-8-5-9-15-20/h4-9,12-15,18H,1-3,10-11,16-17H2,(H,27,28). The van der Waals surface area contributed by atoms with Crippen LogP contribution < -0.4 is 4.74 Å². The van der Waals surface area contributed by atoms with Gasteiger partial charge < -0.3 is 9.84 Å². The highest BCUT2D eigenvalue weighted by molar-refractivity contribution is 5.80. The molecule has 0 spiro atoms. The van der Waals surface area contributed by atoms with E-state index in [4.69, 9.17) is 9.84 Å².